The Labute approximate surface area is 144 Å². The van der Waals surface area contributed by atoms with Crippen LogP contribution in [0.4, 0.5) is 10.5 Å². The van der Waals surface area contributed by atoms with E-state index in [2.05, 4.69) is 12.2 Å². The molecule has 1 saturated heterocycles. The van der Waals surface area contributed by atoms with Gasteiger partial charge in [0.15, 0.2) is 0 Å². The van der Waals surface area contributed by atoms with Crippen LogP contribution in [-0.4, -0.2) is 41.5 Å². The Hall–Kier alpha value is -2.04. The molecule has 1 atom stereocenters. The van der Waals surface area contributed by atoms with Crippen molar-refractivity contribution in [2.45, 2.75) is 57.5 Å². The quantitative estimate of drug-likeness (QED) is 0.926. The predicted molar refractivity (Wildman–Crippen MR) is 95.0 cm³/mol. The van der Waals surface area contributed by atoms with Crippen molar-refractivity contribution >= 4 is 17.6 Å². The Morgan fingerprint density at radius 3 is 2.50 bits per heavy atom. The van der Waals surface area contributed by atoms with Crippen molar-refractivity contribution in [2.24, 2.45) is 0 Å². The molecule has 24 heavy (non-hydrogen) atoms. The fourth-order valence-electron chi connectivity index (χ4n) is 3.93. The minimum atomic E-state index is -0.436. The Morgan fingerprint density at radius 2 is 1.88 bits per heavy atom. The maximum absolute atomic E-state index is 12.8. The molecule has 1 N–H and O–H groups in total. The summed E-state index contributed by atoms with van der Waals surface area (Å²) in [5.74, 6) is -0.0143. The van der Waals surface area contributed by atoms with E-state index in [4.69, 9.17) is 0 Å². The molecule has 0 spiro atoms. The fourth-order valence-corrected chi connectivity index (χ4v) is 3.93. The average Bonchev–Trinajstić information content (AvgIpc) is 3.07. The SMILES string of the molecule is CCC1(NC(=O)N2CCN(c3ccccc3)C(=O)[C@H]2C)CCCC1. The monoisotopic (exact) mass is 329 g/mol. The molecular weight excluding hydrogens is 302 g/mol. The van der Waals surface area contributed by atoms with Gasteiger partial charge in [-0.15, -0.1) is 0 Å². The molecule has 1 aliphatic heterocycles. The smallest absolute Gasteiger partial charge is 0.318 e. The van der Waals surface area contributed by atoms with Crippen LogP contribution < -0.4 is 10.2 Å². The van der Waals surface area contributed by atoms with Crippen LogP contribution in [0.1, 0.15) is 46.0 Å². The third-order valence-electron chi connectivity index (χ3n) is 5.59. The summed E-state index contributed by atoms with van der Waals surface area (Å²) in [4.78, 5) is 29.0. The summed E-state index contributed by atoms with van der Waals surface area (Å²) in [7, 11) is 0. The second kappa shape index (κ2) is 6.83. The van der Waals surface area contributed by atoms with E-state index >= 15 is 0 Å². The van der Waals surface area contributed by atoms with Crippen LogP contribution in [0.5, 0.6) is 0 Å². The van der Waals surface area contributed by atoms with Gasteiger partial charge < -0.3 is 15.1 Å². The summed E-state index contributed by atoms with van der Waals surface area (Å²) in [6, 6.07) is 9.14. The predicted octanol–water partition coefficient (Wildman–Crippen LogP) is 3.16. The lowest BCUT2D eigenvalue weighted by atomic mass is 9.94. The van der Waals surface area contributed by atoms with E-state index in [0.29, 0.717) is 13.1 Å². The molecule has 3 rings (SSSR count). The van der Waals surface area contributed by atoms with Crippen LogP contribution in [0.2, 0.25) is 0 Å². The number of amides is 3. The molecule has 1 saturated carbocycles. The number of nitrogens with zero attached hydrogens (tertiary/aromatic N) is 2. The van der Waals surface area contributed by atoms with Gasteiger partial charge >= 0.3 is 6.03 Å². The highest BCUT2D eigenvalue weighted by Crippen LogP contribution is 2.32. The van der Waals surface area contributed by atoms with Crippen molar-refractivity contribution in [1.82, 2.24) is 10.2 Å². The number of hydrogen-bond donors (Lipinski definition) is 1. The van der Waals surface area contributed by atoms with Crippen LogP contribution in [0.3, 0.4) is 0 Å². The molecule has 0 unspecified atom stereocenters. The summed E-state index contributed by atoms with van der Waals surface area (Å²) >= 11 is 0. The van der Waals surface area contributed by atoms with E-state index in [0.717, 1.165) is 24.9 Å². The number of hydrogen-bond acceptors (Lipinski definition) is 2. The number of piperazine rings is 1. The summed E-state index contributed by atoms with van der Waals surface area (Å²) in [6.07, 6.45) is 5.38. The molecule has 1 heterocycles. The van der Waals surface area contributed by atoms with E-state index in [-0.39, 0.29) is 17.5 Å². The zero-order valence-electron chi connectivity index (χ0n) is 14.6. The Bertz CT molecular complexity index is 596. The number of carbonyl (C=O) groups excluding carboxylic acids is 2. The highest BCUT2D eigenvalue weighted by molar-refractivity contribution is 6.00. The maximum atomic E-state index is 12.8. The van der Waals surface area contributed by atoms with E-state index in [1.54, 1.807) is 9.80 Å². The molecule has 2 aliphatic rings. The summed E-state index contributed by atoms with van der Waals surface area (Å²) in [5.41, 5.74) is 0.825. The number of urea groups is 1. The van der Waals surface area contributed by atoms with E-state index in [9.17, 15) is 9.59 Å². The van der Waals surface area contributed by atoms with Crippen molar-refractivity contribution in [3.8, 4) is 0 Å². The topological polar surface area (TPSA) is 52.7 Å². The molecule has 0 radical (unpaired) electrons. The second-order valence-corrected chi connectivity index (χ2v) is 6.97. The van der Waals surface area contributed by atoms with Gasteiger partial charge in [0.1, 0.15) is 6.04 Å². The number of carbonyl (C=O) groups is 2. The van der Waals surface area contributed by atoms with Gasteiger partial charge in [0.05, 0.1) is 0 Å². The first kappa shape index (κ1) is 16.8. The average molecular weight is 329 g/mol. The molecule has 1 aliphatic carbocycles. The zero-order chi connectivity index (χ0) is 17.2. The van der Waals surface area contributed by atoms with Crippen LogP contribution in [0.25, 0.3) is 0 Å². The number of nitrogens with one attached hydrogen (secondary N) is 1. The molecule has 1 aromatic carbocycles. The minimum Gasteiger partial charge on any atom is -0.333 e. The van der Waals surface area contributed by atoms with Crippen LogP contribution >= 0.6 is 0 Å². The fraction of sp³-hybridized carbons (Fsp3) is 0.579. The number of para-hydroxylation sites is 1. The normalized spacial score (nSPS) is 23.4. The van der Waals surface area contributed by atoms with Gasteiger partial charge in [-0.25, -0.2) is 4.79 Å². The van der Waals surface area contributed by atoms with Gasteiger partial charge in [0, 0.05) is 24.3 Å². The third kappa shape index (κ3) is 3.12. The van der Waals surface area contributed by atoms with Gasteiger partial charge in [0.2, 0.25) is 5.91 Å². The summed E-state index contributed by atoms with van der Waals surface area (Å²) < 4.78 is 0. The van der Waals surface area contributed by atoms with Crippen molar-refractivity contribution < 1.29 is 9.59 Å². The molecular formula is C19H27N3O2. The highest BCUT2D eigenvalue weighted by Gasteiger charge is 2.39. The first-order valence-corrected chi connectivity index (χ1v) is 9.01. The maximum Gasteiger partial charge on any atom is 0.318 e. The van der Waals surface area contributed by atoms with Crippen molar-refractivity contribution in [1.29, 1.82) is 0 Å². The lowest BCUT2D eigenvalue weighted by Gasteiger charge is -2.41. The van der Waals surface area contributed by atoms with Gasteiger partial charge in [-0.1, -0.05) is 38.0 Å². The number of anilines is 1. The molecule has 1 aromatic rings. The lowest BCUT2D eigenvalue weighted by Crippen LogP contribution is -2.62. The Kier molecular flexibility index (Phi) is 4.78. The van der Waals surface area contributed by atoms with Gasteiger partial charge in [0.25, 0.3) is 0 Å². The molecule has 5 heteroatoms. The van der Waals surface area contributed by atoms with E-state index in [1.165, 1.54) is 12.8 Å². The standard InChI is InChI=1S/C19H27N3O2/c1-3-19(11-7-8-12-19)20-18(24)21-13-14-22(17(23)15(21)2)16-9-5-4-6-10-16/h4-6,9-10,15H,3,7-8,11-14H2,1-2H3,(H,20,24)/t15-/m1/s1. The highest BCUT2D eigenvalue weighted by atomic mass is 16.2. The Balaban J connectivity index is 1.68. The van der Waals surface area contributed by atoms with Gasteiger partial charge in [-0.3, -0.25) is 4.79 Å². The summed E-state index contributed by atoms with van der Waals surface area (Å²) in [5, 5.41) is 3.23. The number of rotatable bonds is 3. The first-order valence-electron chi connectivity index (χ1n) is 9.01. The molecule has 130 valence electrons. The van der Waals surface area contributed by atoms with Crippen LogP contribution in [0.15, 0.2) is 30.3 Å². The van der Waals surface area contributed by atoms with E-state index in [1.807, 2.05) is 37.3 Å². The van der Waals surface area contributed by atoms with Crippen molar-refractivity contribution in [2.75, 3.05) is 18.0 Å². The number of benzene rings is 1. The third-order valence-corrected chi connectivity index (χ3v) is 5.59. The largest absolute Gasteiger partial charge is 0.333 e. The first-order chi connectivity index (χ1) is 11.6. The minimum absolute atomic E-state index is 0.0143. The van der Waals surface area contributed by atoms with Crippen LogP contribution in [0, 0.1) is 0 Å². The van der Waals surface area contributed by atoms with Gasteiger partial charge in [-0.05, 0) is 38.3 Å². The van der Waals surface area contributed by atoms with Crippen molar-refractivity contribution in [3.63, 3.8) is 0 Å². The van der Waals surface area contributed by atoms with Gasteiger partial charge in [-0.2, -0.15) is 0 Å². The zero-order valence-corrected chi connectivity index (χ0v) is 14.6. The molecule has 5 nitrogen and oxygen atoms in total. The van der Waals surface area contributed by atoms with Crippen molar-refractivity contribution in [3.05, 3.63) is 30.3 Å². The second-order valence-electron chi connectivity index (χ2n) is 6.97. The molecule has 3 amide bonds. The van der Waals surface area contributed by atoms with Crippen LogP contribution in [-0.2, 0) is 4.79 Å². The molecule has 2 fully saturated rings. The Morgan fingerprint density at radius 1 is 1.21 bits per heavy atom. The lowest BCUT2D eigenvalue weighted by molar-refractivity contribution is -0.124. The molecule has 0 bridgehead atoms. The van der Waals surface area contributed by atoms with E-state index < -0.39 is 6.04 Å². The molecule has 0 aromatic heterocycles. The summed E-state index contributed by atoms with van der Waals surface area (Å²) in [6.45, 7) is 5.06.